The van der Waals surface area contributed by atoms with Crippen LogP contribution in [0.1, 0.15) is 25.3 Å². The van der Waals surface area contributed by atoms with Gasteiger partial charge in [-0.1, -0.05) is 30.3 Å². The second kappa shape index (κ2) is 9.50. The van der Waals surface area contributed by atoms with Crippen LogP contribution in [0.3, 0.4) is 0 Å². The van der Waals surface area contributed by atoms with Crippen LogP contribution in [0, 0.1) is 0 Å². The minimum atomic E-state index is -0.151. The van der Waals surface area contributed by atoms with Gasteiger partial charge >= 0.3 is 0 Å². The zero-order valence-electron chi connectivity index (χ0n) is 12.8. The Balaban J connectivity index is 0.000000276. The molecule has 2 unspecified atom stereocenters. The van der Waals surface area contributed by atoms with E-state index in [0.29, 0.717) is 0 Å². The summed E-state index contributed by atoms with van der Waals surface area (Å²) in [5.74, 6) is 0.0244. The average Bonchev–Trinajstić information content (AvgIpc) is 2.97. The average molecular weight is 277 g/mol. The van der Waals surface area contributed by atoms with E-state index in [-0.39, 0.29) is 11.9 Å². The third-order valence-corrected chi connectivity index (χ3v) is 3.50. The highest BCUT2D eigenvalue weighted by Crippen LogP contribution is 2.03. The Morgan fingerprint density at radius 1 is 1.35 bits per heavy atom. The molecule has 0 aliphatic carbocycles. The van der Waals surface area contributed by atoms with Crippen molar-refractivity contribution in [1.82, 2.24) is 16.0 Å². The van der Waals surface area contributed by atoms with Crippen LogP contribution in [-0.4, -0.2) is 38.6 Å². The van der Waals surface area contributed by atoms with E-state index in [1.807, 2.05) is 30.3 Å². The van der Waals surface area contributed by atoms with Gasteiger partial charge in [0.1, 0.15) is 0 Å². The molecule has 4 nitrogen and oxygen atoms in total. The van der Waals surface area contributed by atoms with Crippen molar-refractivity contribution in [3.05, 3.63) is 35.9 Å². The van der Waals surface area contributed by atoms with Gasteiger partial charge in [0, 0.05) is 13.1 Å². The number of likely N-dealkylation sites (N-methyl/N-ethyl adjacent to an activating group) is 2. The Kier molecular flexibility index (Phi) is 7.92. The highest BCUT2D eigenvalue weighted by Gasteiger charge is 2.14. The van der Waals surface area contributed by atoms with Gasteiger partial charge in [-0.15, -0.1) is 0 Å². The minimum absolute atomic E-state index is 0.0244. The van der Waals surface area contributed by atoms with Gasteiger partial charge in [0.25, 0.3) is 0 Å². The molecule has 1 saturated heterocycles. The zero-order valence-corrected chi connectivity index (χ0v) is 12.8. The maximum atomic E-state index is 11.4. The molecule has 0 radical (unpaired) electrons. The molecule has 1 heterocycles. The van der Waals surface area contributed by atoms with Crippen LogP contribution in [0.5, 0.6) is 0 Å². The number of hydrogen-bond donors (Lipinski definition) is 3. The molecular formula is C16H27N3O. The molecule has 0 aromatic heterocycles. The molecule has 1 aromatic carbocycles. The van der Waals surface area contributed by atoms with Crippen molar-refractivity contribution in [2.45, 2.75) is 38.3 Å². The summed E-state index contributed by atoms with van der Waals surface area (Å²) in [6, 6.07) is 10.6. The normalized spacial score (nSPS) is 18.9. The molecule has 1 aromatic rings. The Morgan fingerprint density at radius 3 is 2.45 bits per heavy atom. The largest absolute Gasteiger partial charge is 0.358 e. The lowest BCUT2D eigenvalue weighted by Crippen LogP contribution is -2.42. The summed E-state index contributed by atoms with van der Waals surface area (Å²) >= 11 is 0. The maximum absolute atomic E-state index is 11.4. The Labute approximate surface area is 122 Å². The Hall–Kier alpha value is -1.39. The summed E-state index contributed by atoms with van der Waals surface area (Å²) in [6.07, 6.45) is 3.47. The van der Waals surface area contributed by atoms with Gasteiger partial charge in [0.05, 0.1) is 6.04 Å². The quantitative estimate of drug-likeness (QED) is 0.778. The van der Waals surface area contributed by atoms with E-state index in [0.717, 1.165) is 18.0 Å². The van der Waals surface area contributed by atoms with Gasteiger partial charge in [-0.25, -0.2) is 0 Å². The lowest BCUT2D eigenvalue weighted by Gasteiger charge is -2.14. The highest BCUT2D eigenvalue weighted by molar-refractivity contribution is 5.81. The number of carbonyl (C=O) groups excluding carboxylic acids is 1. The van der Waals surface area contributed by atoms with Gasteiger partial charge in [-0.2, -0.15) is 0 Å². The topological polar surface area (TPSA) is 53.2 Å². The summed E-state index contributed by atoms with van der Waals surface area (Å²) < 4.78 is 0. The molecule has 4 heteroatoms. The molecule has 1 amide bonds. The monoisotopic (exact) mass is 277 g/mol. The highest BCUT2D eigenvalue weighted by atomic mass is 16.2. The first-order chi connectivity index (χ1) is 9.67. The first-order valence-corrected chi connectivity index (χ1v) is 7.33. The lowest BCUT2D eigenvalue weighted by molar-refractivity contribution is -0.122. The van der Waals surface area contributed by atoms with E-state index in [9.17, 15) is 4.79 Å². The van der Waals surface area contributed by atoms with E-state index in [2.05, 4.69) is 22.9 Å². The fourth-order valence-corrected chi connectivity index (χ4v) is 2.21. The molecule has 0 saturated carbocycles. The van der Waals surface area contributed by atoms with Crippen molar-refractivity contribution < 1.29 is 4.79 Å². The summed E-state index contributed by atoms with van der Waals surface area (Å²) in [7, 11) is 3.44. The number of benzene rings is 1. The van der Waals surface area contributed by atoms with Crippen LogP contribution in [0.4, 0.5) is 0 Å². The van der Waals surface area contributed by atoms with Crippen LogP contribution >= 0.6 is 0 Å². The van der Waals surface area contributed by atoms with Gasteiger partial charge < -0.3 is 16.0 Å². The molecule has 112 valence electrons. The third kappa shape index (κ3) is 6.17. The van der Waals surface area contributed by atoms with E-state index < -0.39 is 0 Å². The van der Waals surface area contributed by atoms with Crippen molar-refractivity contribution in [2.75, 3.05) is 20.6 Å². The Bertz CT molecular complexity index is 375. The summed E-state index contributed by atoms with van der Waals surface area (Å²) in [5.41, 5.74) is 1.16. The third-order valence-electron chi connectivity index (χ3n) is 3.50. The molecule has 3 N–H and O–H groups in total. The van der Waals surface area contributed by atoms with Crippen LogP contribution in [-0.2, 0) is 11.2 Å². The molecule has 0 spiro atoms. The maximum Gasteiger partial charge on any atom is 0.237 e. The lowest BCUT2D eigenvalue weighted by atomic mass is 10.1. The number of hydrogen-bond acceptors (Lipinski definition) is 3. The van der Waals surface area contributed by atoms with Gasteiger partial charge in [0.15, 0.2) is 0 Å². The smallest absolute Gasteiger partial charge is 0.237 e. The van der Waals surface area contributed by atoms with Crippen LogP contribution in [0.2, 0.25) is 0 Å². The molecule has 2 atom stereocenters. The molecule has 20 heavy (non-hydrogen) atoms. The summed E-state index contributed by atoms with van der Waals surface area (Å²) in [5, 5.41) is 8.94. The molecule has 1 fully saturated rings. The molecular weight excluding hydrogens is 250 g/mol. The van der Waals surface area contributed by atoms with Crippen molar-refractivity contribution >= 4 is 5.91 Å². The fourth-order valence-electron chi connectivity index (χ4n) is 2.21. The predicted molar refractivity (Wildman–Crippen MR) is 83.8 cm³/mol. The van der Waals surface area contributed by atoms with Crippen molar-refractivity contribution in [1.29, 1.82) is 0 Å². The zero-order chi connectivity index (χ0) is 14.8. The van der Waals surface area contributed by atoms with Crippen LogP contribution in [0.15, 0.2) is 30.3 Å². The van der Waals surface area contributed by atoms with Crippen LogP contribution in [0.25, 0.3) is 0 Å². The van der Waals surface area contributed by atoms with Crippen molar-refractivity contribution in [2.24, 2.45) is 0 Å². The molecule has 1 aliphatic rings. The fraction of sp³-hybridized carbons (Fsp3) is 0.562. The van der Waals surface area contributed by atoms with E-state index in [4.69, 9.17) is 0 Å². The summed E-state index contributed by atoms with van der Waals surface area (Å²) in [6.45, 7) is 3.47. The second-order valence-electron chi connectivity index (χ2n) is 5.14. The first-order valence-electron chi connectivity index (χ1n) is 7.33. The molecule has 2 rings (SSSR count). The Morgan fingerprint density at radius 2 is 2.05 bits per heavy atom. The van der Waals surface area contributed by atoms with Gasteiger partial charge in [-0.05, 0) is 45.3 Å². The number of carbonyl (C=O) groups is 1. The number of rotatable bonds is 4. The number of nitrogens with one attached hydrogen (secondary N) is 3. The van der Waals surface area contributed by atoms with Crippen molar-refractivity contribution in [3.63, 3.8) is 0 Å². The standard InChI is InChI=1S/C11H16N2O.C5H11N/c1-12-10(11(14)13-2)8-9-6-4-3-5-7-9;1-5-3-2-4-6-5/h3-7,10,12H,8H2,1-2H3,(H,13,14);5-6H,2-4H2,1H3. The van der Waals surface area contributed by atoms with Gasteiger partial charge in [0.2, 0.25) is 5.91 Å². The first kappa shape index (κ1) is 16.7. The van der Waals surface area contributed by atoms with Crippen LogP contribution < -0.4 is 16.0 Å². The number of amides is 1. The van der Waals surface area contributed by atoms with E-state index in [1.165, 1.54) is 19.4 Å². The minimum Gasteiger partial charge on any atom is -0.358 e. The second-order valence-corrected chi connectivity index (χ2v) is 5.14. The summed E-state index contributed by atoms with van der Waals surface area (Å²) in [4.78, 5) is 11.4. The van der Waals surface area contributed by atoms with E-state index in [1.54, 1.807) is 14.1 Å². The van der Waals surface area contributed by atoms with Crippen molar-refractivity contribution in [3.8, 4) is 0 Å². The van der Waals surface area contributed by atoms with E-state index >= 15 is 0 Å². The molecule has 1 aliphatic heterocycles. The van der Waals surface area contributed by atoms with Gasteiger partial charge in [-0.3, -0.25) is 4.79 Å². The SMILES string of the molecule is CC1CCCN1.CNC(=O)C(Cc1ccccc1)NC. The predicted octanol–water partition coefficient (Wildman–Crippen LogP) is 1.32. The molecule has 0 bridgehead atoms.